The molecule has 0 atom stereocenters. The Morgan fingerprint density at radius 2 is 1.88 bits per heavy atom. The molecule has 17 heavy (non-hydrogen) atoms. The quantitative estimate of drug-likeness (QED) is 0.811. The molecule has 0 aliphatic rings. The van der Waals surface area contributed by atoms with Gasteiger partial charge in [0.15, 0.2) is 0 Å². The Balaban J connectivity index is 2.32. The van der Waals surface area contributed by atoms with Crippen LogP contribution in [0.2, 0.25) is 0 Å². The second kappa shape index (κ2) is 5.27. The summed E-state index contributed by atoms with van der Waals surface area (Å²) in [5, 5.41) is 0. The minimum absolute atomic E-state index is 0.678. The van der Waals surface area contributed by atoms with E-state index in [0.717, 1.165) is 27.4 Å². The average molecular weight is 293 g/mol. The summed E-state index contributed by atoms with van der Waals surface area (Å²) >= 11 is 3.37. The van der Waals surface area contributed by atoms with Crippen molar-refractivity contribution in [2.75, 3.05) is 6.61 Å². The van der Waals surface area contributed by atoms with Crippen molar-refractivity contribution in [2.24, 2.45) is 0 Å². The summed E-state index contributed by atoms with van der Waals surface area (Å²) in [6.45, 7) is 4.53. The number of hydrogen-bond acceptors (Lipinski definition) is 3. The molecule has 0 aliphatic carbocycles. The van der Waals surface area contributed by atoms with Gasteiger partial charge in [0.1, 0.15) is 16.2 Å². The van der Waals surface area contributed by atoms with Crippen molar-refractivity contribution >= 4 is 15.9 Å². The number of aryl methyl sites for hydroxylation is 1. The fraction of sp³-hybridized carbons (Fsp3) is 0.231. The van der Waals surface area contributed by atoms with Crippen molar-refractivity contribution in [1.29, 1.82) is 0 Å². The minimum Gasteiger partial charge on any atom is -0.494 e. The first kappa shape index (κ1) is 12.0. The SMILES string of the molecule is CCOc1ccc(-c2cc(Br)nc(C)n2)cc1. The first-order chi connectivity index (χ1) is 8.19. The van der Waals surface area contributed by atoms with Crippen LogP contribution in [0.25, 0.3) is 11.3 Å². The molecule has 0 radical (unpaired) electrons. The van der Waals surface area contributed by atoms with Gasteiger partial charge in [-0.2, -0.15) is 0 Å². The Morgan fingerprint density at radius 3 is 2.47 bits per heavy atom. The van der Waals surface area contributed by atoms with E-state index in [1.807, 2.05) is 44.2 Å². The van der Waals surface area contributed by atoms with Crippen LogP contribution >= 0.6 is 15.9 Å². The van der Waals surface area contributed by atoms with Crippen molar-refractivity contribution in [1.82, 2.24) is 9.97 Å². The maximum Gasteiger partial charge on any atom is 0.127 e. The van der Waals surface area contributed by atoms with Crippen molar-refractivity contribution in [2.45, 2.75) is 13.8 Å². The second-order valence-electron chi connectivity index (χ2n) is 3.58. The number of hydrogen-bond donors (Lipinski definition) is 0. The fourth-order valence-electron chi connectivity index (χ4n) is 1.57. The Hall–Kier alpha value is -1.42. The highest BCUT2D eigenvalue weighted by atomic mass is 79.9. The van der Waals surface area contributed by atoms with E-state index in [4.69, 9.17) is 4.74 Å². The first-order valence-electron chi connectivity index (χ1n) is 5.43. The molecule has 0 N–H and O–H groups in total. The van der Waals surface area contributed by atoms with E-state index in [1.165, 1.54) is 0 Å². The third kappa shape index (κ3) is 3.03. The highest BCUT2D eigenvalue weighted by Gasteiger charge is 2.03. The molecule has 0 amide bonds. The van der Waals surface area contributed by atoms with Gasteiger partial charge in [0, 0.05) is 5.56 Å². The lowest BCUT2D eigenvalue weighted by molar-refractivity contribution is 0.340. The maximum atomic E-state index is 5.40. The normalized spacial score (nSPS) is 10.3. The van der Waals surface area contributed by atoms with Gasteiger partial charge in [0.25, 0.3) is 0 Å². The average Bonchev–Trinajstić information content (AvgIpc) is 2.29. The van der Waals surface area contributed by atoms with Crippen LogP contribution in [0.4, 0.5) is 0 Å². The standard InChI is InChI=1S/C13H13BrN2O/c1-3-17-11-6-4-10(5-7-11)12-8-13(14)16-9(2)15-12/h4-8H,3H2,1-2H3. The molecular weight excluding hydrogens is 280 g/mol. The first-order valence-corrected chi connectivity index (χ1v) is 6.23. The highest BCUT2D eigenvalue weighted by molar-refractivity contribution is 9.10. The van der Waals surface area contributed by atoms with Crippen molar-refractivity contribution < 1.29 is 4.74 Å². The summed E-state index contributed by atoms with van der Waals surface area (Å²) in [4.78, 5) is 8.59. The summed E-state index contributed by atoms with van der Waals surface area (Å²) in [5.41, 5.74) is 1.96. The van der Waals surface area contributed by atoms with Crippen LogP contribution in [-0.2, 0) is 0 Å². The van der Waals surface area contributed by atoms with Crippen LogP contribution in [0.5, 0.6) is 5.75 Å². The van der Waals surface area contributed by atoms with Crippen LogP contribution in [0, 0.1) is 6.92 Å². The lowest BCUT2D eigenvalue weighted by Gasteiger charge is -2.05. The zero-order chi connectivity index (χ0) is 12.3. The summed E-state index contributed by atoms with van der Waals surface area (Å²) in [6, 6.07) is 9.80. The molecule has 0 saturated carbocycles. The molecule has 0 saturated heterocycles. The zero-order valence-corrected chi connectivity index (χ0v) is 11.4. The van der Waals surface area contributed by atoms with E-state index < -0.39 is 0 Å². The number of benzene rings is 1. The Bertz CT molecular complexity index is 491. The molecule has 1 aromatic carbocycles. The van der Waals surface area contributed by atoms with Gasteiger partial charge in [-0.25, -0.2) is 9.97 Å². The van der Waals surface area contributed by atoms with Gasteiger partial charge < -0.3 is 4.74 Å². The molecule has 1 aromatic heterocycles. The van der Waals surface area contributed by atoms with Gasteiger partial charge in [-0.15, -0.1) is 0 Å². The molecule has 0 spiro atoms. The predicted octanol–water partition coefficient (Wildman–Crippen LogP) is 3.61. The molecule has 2 aromatic rings. The summed E-state index contributed by atoms with van der Waals surface area (Å²) in [6.07, 6.45) is 0. The van der Waals surface area contributed by atoms with Gasteiger partial charge in [-0.05, 0) is 60.1 Å². The number of aromatic nitrogens is 2. The van der Waals surface area contributed by atoms with Crippen LogP contribution in [0.3, 0.4) is 0 Å². The number of halogens is 1. The van der Waals surface area contributed by atoms with Crippen LogP contribution in [0.1, 0.15) is 12.7 Å². The van der Waals surface area contributed by atoms with Gasteiger partial charge in [-0.1, -0.05) is 0 Å². The van der Waals surface area contributed by atoms with Crippen LogP contribution in [0.15, 0.2) is 34.9 Å². The third-order valence-corrected chi connectivity index (χ3v) is 2.67. The lowest BCUT2D eigenvalue weighted by atomic mass is 10.1. The Morgan fingerprint density at radius 1 is 1.18 bits per heavy atom. The molecule has 0 aliphatic heterocycles. The molecular formula is C13H13BrN2O. The largest absolute Gasteiger partial charge is 0.494 e. The van der Waals surface area contributed by atoms with Crippen molar-refractivity contribution in [3.63, 3.8) is 0 Å². The van der Waals surface area contributed by atoms with E-state index in [9.17, 15) is 0 Å². The molecule has 0 unspecified atom stereocenters. The lowest BCUT2D eigenvalue weighted by Crippen LogP contribution is -1.93. The number of rotatable bonds is 3. The maximum absolute atomic E-state index is 5.40. The monoisotopic (exact) mass is 292 g/mol. The second-order valence-corrected chi connectivity index (χ2v) is 4.39. The predicted molar refractivity (Wildman–Crippen MR) is 71.1 cm³/mol. The van der Waals surface area contributed by atoms with Gasteiger partial charge in [0.05, 0.1) is 12.3 Å². The summed E-state index contributed by atoms with van der Waals surface area (Å²) < 4.78 is 6.20. The van der Waals surface area contributed by atoms with Crippen LogP contribution in [-0.4, -0.2) is 16.6 Å². The highest BCUT2D eigenvalue weighted by Crippen LogP contribution is 2.22. The topological polar surface area (TPSA) is 35.0 Å². The van der Waals surface area contributed by atoms with Gasteiger partial charge >= 0.3 is 0 Å². The summed E-state index contributed by atoms with van der Waals surface area (Å²) in [5.74, 6) is 1.63. The molecule has 4 heteroatoms. The van der Waals surface area contributed by atoms with E-state index in [-0.39, 0.29) is 0 Å². The van der Waals surface area contributed by atoms with E-state index in [0.29, 0.717) is 6.61 Å². The molecule has 1 heterocycles. The van der Waals surface area contributed by atoms with E-state index in [1.54, 1.807) is 0 Å². The van der Waals surface area contributed by atoms with Crippen LogP contribution < -0.4 is 4.74 Å². The minimum atomic E-state index is 0.678. The molecule has 88 valence electrons. The molecule has 2 rings (SSSR count). The molecule has 0 bridgehead atoms. The molecule has 3 nitrogen and oxygen atoms in total. The number of ether oxygens (including phenoxy) is 1. The van der Waals surface area contributed by atoms with E-state index in [2.05, 4.69) is 25.9 Å². The Labute approximate surface area is 109 Å². The fourth-order valence-corrected chi connectivity index (χ4v) is 2.04. The van der Waals surface area contributed by atoms with Crippen molar-refractivity contribution in [3.05, 3.63) is 40.8 Å². The number of nitrogens with zero attached hydrogens (tertiary/aromatic N) is 2. The smallest absolute Gasteiger partial charge is 0.127 e. The third-order valence-electron chi connectivity index (χ3n) is 2.27. The van der Waals surface area contributed by atoms with Crippen molar-refractivity contribution in [3.8, 4) is 17.0 Å². The Kier molecular flexibility index (Phi) is 3.74. The zero-order valence-electron chi connectivity index (χ0n) is 9.77. The van der Waals surface area contributed by atoms with E-state index >= 15 is 0 Å². The molecule has 0 fully saturated rings. The van der Waals surface area contributed by atoms with Gasteiger partial charge in [-0.3, -0.25) is 0 Å². The van der Waals surface area contributed by atoms with Gasteiger partial charge in [0.2, 0.25) is 0 Å². The summed E-state index contributed by atoms with van der Waals surface area (Å²) in [7, 11) is 0.